The van der Waals surface area contributed by atoms with Crippen LogP contribution in [0.5, 0.6) is 0 Å². The van der Waals surface area contributed by atoms with Crippen LogP contribution in [0, 0.1) is 0 Å². The highest BCUT2D eigenvalue weighted by molar-refractivity contribution is 5.71. The van der Waals surface area contributed by atoms with E-state index < -0.39 is 6.10 Å². The second kappa shape index (κ2) is 69.1. The van der Waals surface area contributed by atoms with Crippen LogP contribution in [-0.4, -0.2) is 37.2 Å². The first kappa shape index (κ1) is 77.6. The lowest BCUT2D eigenvalue weighted by molar-refractivity contribution is -0.167. The van der Waals surface area contributed by atoms with Gasteiger partial charge in [0.1, 0.15) is 13.2 Å². The minimum Gasteiger partial charge on any atom is -0.462 e. The topological polar surface area (TPSA) is 78.9 Å². The Morgan fingerprint density at radius 1 is 0.259 bits per heavy atom. The Kier molecular flexibility index (Phi) is 66.2. The second-order valence-corrected chi connectivity index (χ2v) is 23.4. The van der Waals surface area contributed by atoms with Crippen LogP contribution in [0.25, 0.3) is 0 Å². The summed E-state index contributed by atoms with van der Waals surface area (Å²) in [5, 5.41) is 0. The molecule has 6 nitrogen and oxygen atoms in total. The van der Waals surface area contributed by atoms with Crippen LogP contribution >= 0.6 is 0 Å². The second-order valence-electron chi connectivity index (χ2n) is 23.4. The minimum absolute atomic E-state index is 0.0733. The summed E-state index contributed by atoms with van der Waals surface area (Å²) < 4.78 is 16.9. The number of hydrogen-bond acceptors (Lipinski definition) is 6. The van der Waals surface area contributed by atoms with E-state index in [-0.39, 0.29) is 31.1 Å². The van der Waals surface area contributed by atoms with Crippen LogP contribution in [0.4, 0.5) is 0 Å². The van der Waals surface area contributed by atoms with Gasteiger partial charge in [0.05, 0.1) is 0 Å². The fourth-order valence-electron chi connectivity index (χ4n) is 10.1. The predicted octanol–water partition coefficient (Wildman–Crippen LogP) is 24.2. The van der Waals surface area contributed by atoms with Crippen LogP contribution in [0.15, 0.2) is 85.1 Å². The zero-order valence-electron chi connectivity index (χ0n) is 53.8. The Hall–Kier alpha value is -3.41. The number of allylic oxidation sites excluding steroid dienone is 14. The standard InChI is InChI=1S/C75H132O6/c1-4-7-10-13-16-19-22-24-26-28-29-30-31-32-33-34-35-36-37-38-39-40-41-42-43-44-45-47-48-50-53-56-59-62-65-68-74(77)80-71-72(70-79-73(76)67-64-61-58-55-52-21-18-15-12-9-6-3)81-75(78)69-66-63-60-57-54-51-49-46-27-25-23-20-17-14-11-8-5-2/h7,10,15-16,18-19,24,26,29-30,32-33,35-36,72H,4-6,8-9,11-14,17,20-23,25,27-28,31,34,37-71H2,1-3H3/b10-7-,18-15-,19-16-,26-24-,30-29-,33-32-,36-35-. The molecule has 0 aliphatic rings. The lowest BCUT2D eigenvalue weighted by atomic mass is 10.0. The summed E-state index contributed by atoms with van der Waals surface area (Å²) >= 11 is 0. The van der Waals surface area contributed by atoms with E-state index in [1.165, 1.54) is 212 Å². The molecule has 0 aromatic heterocycles. The van der Waals surface area contributed by atoms with E-state index in [4.69, 9.17) is 14.2 Å². The largest absolute Gasteiger partial charge is 0.462 e. The molecular weight excluding hydrogens is 997 g/mol. The maximum atomic E-state index is 12.9. The zero-order chi connectivity index (χ0) is 58.5. The summed E-state index contributed by atoms with van der Waals surface area (Å²) in [6.45, 7) is 6.53. The molecule has 1 unspecified atom stereocenters. The number of unbranched alkanes of at least 4 members (excludes halogenated alkanes) is 39. The maximum Gasteiger partial charge on any atom is 0.306 e. The summed E-state index contributed by atoms with van der Waals surface area (Å²) in [5.74, 6) is -0.863. The molecule has 0 heterocycles. The van der Waals surface area contributed by atoms with Crippen molar-refractivity contribution in [1.29, 1.82) is 0 Å². The van der Waals surface area contributed by atoms with Gasteiger partial charge in [0.15, 0.2) is 6.10 Å². The summed E-state index contributed by atoms with van der Waals surface area (Å²) in [6, 6.07) is 0. The van der Waals surface area contributed by atoms with E-state index in [0.29, 0.717) is 19.3 Å². The fraction of sp³-hybridized carbons (Fsp3) is 0.773. The van der Waals surface area contributed by atoms with E-state index in [0.717, 1.165) is 103 Å². The van der Waals surface area contributed by atoms with Crippen LogP contribution in [0.1, 0.15) is 355 Å². The van der Waals surface area contributed by atoms with Gasteiger partial charge in [-0.15, -0.1) is 0 Å². The first-order valence-electron chi connectivity index (χ1n) is 35.1. The molecule has 6 heteroatoms. The normalized spacial score (nSPS) is 12.6. The molecule has 0 aliphatic carbocycles. The van der Waals surface area contributed by atoms with Gasteiger partial charge in [0.25, 0.3) is 0 Å². The Bertz CT molecular complexity index is 1530. The summed E-state index contributed by atoms with van der Waals surface area (Å²) in [7, 11) is 0. The summed E-state index contributed by atoms with van der Waals surface area (Å²) in [6.07, 6.45) is 91.9. The molecule has 0 bridgehead atoms. The molecule has 0 saturated carbocycles. The van der Waals surface area contributed by atoms with Crippen molar-refractivity contribution in [2.45, 2.75) is 361 Å². The van der Waals surface area contributed by atoms with E-state index in [9.17, 15) is 14.4 Å². The van der Waals surface area contributed by atoms with Crippen LogP contribution in [-0.2, 0) is 28.6 Å². The van der Waals surface area contributed by atoms with Gasteiger partial charge < -0.3 is 14.2 Å². The van der Waals surface area contributed by atoms with E-state index in [1.54, 1.807) is 0 Å². The highest BCUT2D eigenvalue weighted by Gasteiger charge is 2.19. The molecule has 0 saturated heterocycles. The van der Waals surface area contributed by atoms with Gasteiger partial charge in [-0.25, -0.2) is 0 Å². The molecule has 1 atom stereocenters. The monoisotopic (exact) mass is 1130 g/mol. The molecule has 0 N–H and O–H groups in total. The molecule has 0 spiro atoms. The fourth-order valence-corrected chi connectivity index (χ4v) is 10.1. The van der Waals surface area contributed by atoms with E-state index >= 15 is 0 Å². The SMILES string of the molecule is CC/C=C\C/C=C\C/C=C\C/C=C\C/C=C\C/C=C\CCCCCCCCCCCCCCCCCCC(=O)OCC(COC(=O)CCCCCCC/C=C\CCCC)OC(=O)CCCCCCCCCCCCCCCCCCC. The van der Waals surface area contributed by atoms with E-state index in [2.05, 4.69) is 106 Å². The van der Waals surface area contributed by atoms with Gasteiger partial charge in [-0.05, 0) is 89.9 Å². The maximum absolute atomic E-state index is 12.9. The average molecular weight is 1130 g/mol. The van der Waals surface area contributed by atoms with E-state index in [1.807, 2.05) is 0 Å². The summed E-state index contributed by atoms with van der Waals surface area (Å²) in [4.78, 5) is 38.3. The number of ether oxygens (including phenoxy) is 3. The van der Waals surface area contributed by atoms with Gasteiger partial charge in [-0.3, -0.25) is 14.4 Å². The highest BCUT2D eigenvalue weighted by Crippen LogP contribution is 2.18. The molecule has 468 valence electrons. The van der Waals surface area contributed by atoms with Crippen molar-refractivity contribution in [2.24, 2.45) is 0 Å². The zero-order valence-corrected chi connectivity index (χ0v) is 53.8. The third-order valence-electron chi connectivity index (χ3n) is 15.4. The van der Waals surface area contributed by atoms with Gasteiger partial charge in [0.2, 0.25) is 0 Å². The van der Waals surface area contributed by atoms with Crippen molar-refractivity contribution in [3.05, 3.63) is 85.1 Å². The third kappa shape index (κ3) is 67.3. The van der Waals surface area contributed by atoms with Crippen LogP contribution < -0.4 is 0 Å². The third-order valence-corrected chi connectivity index (χ3v) is 15.4. The van der Waals surface area contributed by atoms with Crippen molar-refractivity contribution < 1.29 is 28.6 Å². The molecule has 0 amide bonds. The molecule has 0 radical (unpaired) electrons. The smallest absolute Gasteiger partial charge is 0.306 e. The first-order chi connectivity index (χ1) is 40.0. The van der Waals surface area contributed by atoms with Gasteiger partial charge in [0, 0.05) is 19.3 Å². The number of carbonyl (C=O) groups excluding carboxylic acids is 3. The average Bonchev–Trinajstić information content (AvgIpc) is 3.47. The molecule has 0 fully saturated rings. The Morgan fingerprint density at radius 3 is 0.802 bits per heavy atom. The Labute approximate surface area is 503 Å². The molecule has 0 aromatic carbocycles. The van der Waals surface area contributed by atoms with Crippen molar-refractivity contribution >= 4 is 17.9 Å². The molecule has 0 rings (SSSR count). The van der Waals surface area contributed by atoms with Crippen LogP contribution in [0.2, 0.25) is 0 Å². The summed E-state index contributed by atoms with van der Waals surface area (Å²) in [5.41, 5.74) is 0. The number of rotatable bonds is 64. The van der Waals surface area contributed by atoms with Gasteiger partial charge in [-0.1, -0.05) is 331 Å². The van der Waals surface area contributed by atoms with Gasteiger partial charge in [-0.2, -0.15) is 0 Å². The predicted molar refractivity (Wildman–Crippen MR) is 353 cm³/mol. The van der Waals surface area contributed by atoms with Crippen molar-refractivity contribution in [3.63, 3.8) is 0 Å². The van der Waals surface area contributed by atoms with Crippen molar-refractivity contribution in [2.75, 3.05) is 13.2 Å². The lowest BCUT2D eigenvalue weighted by Crippen LogP contribution is -2.30. The Morgan fingerprint density at radius 2 is 0.494 bits per heavy atom. The molecule has 0 aromatic rings. The first-order valence-corrected chi connectivity index (χ1v) is 35.1. The quantitative estimate of drug-likeness (QED) is 0.0261. The number of carbonyl (C=O) groups is 3. The Balaban J connectivity index is 4.10. The number of hydrogen-bond donors (Lipinski definition) is 0. The van der Waals surface area contributed by atoms with Crippen molar-refractivity contribution in [3.8, 4) is 0 Å². The molecular formula is C75H132O6. The van der Waals surface area contributed by atoms with Crippen LogP contribution in [0.3, 0.4) is 0 Å². The number of esters is 3. The minimum atomic E-state index is -0.776. The molecule has 81 heavy (non-hydrogen) atoms. The molecule has 0 aliphatic heterocycles. The van der Waals surface area contributed by atoms with Gasteiger partial charge >= 0.3 is 17.9 Å². The lowest BCUT2D eigenvalue weighted by Gasteiger charge is -2.18. The highest BCUT2D eigenvalue weighted by atomic mass is 16.6. The van der Waals surface area contributed by atoms with Crippen molar-refractivity contribution in [1.82, 2.24) is 0 Å².